The van der Waals surface area contributed by atoms with E-state index in [1.807, 2.05) is 44.2 Å². The summed E-state index contributed by atoms with van der Waals surface area (Å²) in [7, 11) is 0. The molecular weight excluding hydrogens is 573 g/mol. The Morgan fingerprint density at radius 3 is 2.50 bits per heavy atom. The minimum atomic E-state index is -1.08. The second-order valence-corrected chi connectivity index (χ2v) is 12.8. The van der Waals surface area contributed by atoms with Crippen LogP contribution < -0.4 is 34.7 Å². The first-order chi connectivity index (χ1) is 19.6. The summed E-state index contributed by atoms with van der Waals surface area (Å²) in [4.78, 5) is 13.6. The predicted molar refractivity (Wildman–Crippen MR) is 171 cm³/mol. The van der Waals surface area contributed by atoms with Crippen molar-refractivity contribution in [2.45, 2.75) is 57.3 Å². The fraction of sp³-hybridized carbons (Fsp3) is 0.314. The van der Waals surface area contributed by atoms with Crippen LogP contribution in [-0.4, -0.2) is 21.8 Å². The molecule has 1 atom stereocenters. The number of hydrogen-bond acceptors (Lipinski definition) is 5. The summed E-state index contributed by atoms with van der Waals surface area (Å²) in [5.41, 5.74) is 5.81. The number of nitrogens with zero attached hydrogens (tertiary/aromatic N) is 1. The summed E-state index contributed by atoms with van der Waals surface area (Å²) in [5, 5.41) is 21.8. The van der Waals surface area contributed by atoms with Crippen molar-refractivity contribution in [3.05, 3.63) is 112 Å². The molecule has 4 nitrogen and oxygen atoms in total. The van der Waals surface area contributed by atoms with Crippen molar-refractivity contribution in [3.8, 4) is 0 Å². The quantitative estimate of drug-likeness (QED) is 0.260. The van der Waals surface area contributed by atoms with Crippen molar-refractivity contribution in [2.75, 3.05) is 5.75 Å². The number of aryl methyl sites for hydroxylation is 1. The van der Waals surface area contributed by atoms with E-state index in [0.29, 0.717) is 10.3 Å². The van der Waals surface area contributed by atoms with Gasteiger partial charge in [0.25, 0.3) is 0 Å². The van der Waals surface area contributed by atoms with Crippen molar-refractivity contribution in [1.82, 2.24) is 4.98 Å². The molecule has 1 heterocycles. The molecule has 1 aliphatic rings. The van der Waals surface area contributed by atoms with E-state index >= 15 is 0 Å². The fourth-order valence-corrected chi connectivity index (χ4v) is 6.38. The van der Waals surface area contributed by atoms with Crippen molar-refractivity contribution in [2.24, 2.45) is 5.92 Å². The van der Waals surface area contributed by atoms with Crippen LogP contribution in [0.1, 0.15) is 73.2 Å². The number of carboxylic acid groups (broad SMARTS) is 1. The number of benzene rings is 3. The van der Waals surface area contributed by atoms with E-state index in [0.717, 1.165) is 47.8 Å². The standard InChI is InChI=1S/C33H34ClNOS.C2H4O2.Na/c1-33(2,36)30-9-4-3-7-25(30)15-19-32(37-22-24-10-11-24)27-8-5-6-23(20-27)12-17-29-18-14-26-13-16-28(34)21-31(26)35-29;1-2(3)4;/h3-9,12-14,16-18,20-21,24,32,36H,10-11,15,19,22H2,1-2H3;1H3,(H,3,4);/q;;+1/p-1/t32-;;/m1../s1. The summed E-state index contributed by atoms with van der Waals surface area (Å²) >= 11 is 8.26. The predicted octanol–water partition coefficient (Wildman–Crippen LogP) is 4.86. The first-order valence-electron chi connectivity index (χ1n) is 14.0. The zero-order valence-corrected chi connectivity index (χ0v) is 28.4. The van der Waals surface area contributed by atoms with Gasteiger partial charge in [-0.2, -0.15) is 11.8 Å². The maximum absolute atomic E-state index is 10.7. The number of halogens is 1. The maximum Gasteiger partial charge on any atom is 1.00 e. The van der Waals surface area contributed by atoms with Crippen molar-refractivity contribution >= 4 is 52.4 Å². The van der Waals surface area contributed by atoms with Crippen LogP contribution >= 0.6 is 23.4 Å². The Morgan fingerprint density at radius 2 is 1.79 bits per heavy atom. The van der Waals surface area contributed by atoms with E-state index in [1.165, 1.54) is 35.3 Å². The number of aliphatic carboxylic acids is 1. The maximum atomic E-state index is 10.7. The Balaban J connectivity index is 0.000000911. The summed E-state index contributed by atoms with van der Waals surface area (Å²) in [5.74, 6) is 1.02. The van der Waals surface area contributed by atoms with Gasteiger partial charge in [-0.3, -0.25) is 0 Å². The van der Waals surface area contributed by atoms with Crippen LogP contribution in [-0.2, 0) is 16.8 Å². The second-order valence-electron chi connectivity index (χ2n) is 11.1. The third kappa shape index (κ3) is 10.9. The molecule has 214 valence electrons. The molecule has 3 aromatic carbocycles. The number of carbonyl (C=O) groups excluding carboxylic acids is 1. The van der Waals surface area contributed by atoms with Crippen LogP contribution in [0.4, 0.5) is 0 Å². The number of thioether (sulfide) groups is 1. The Hall–Kier alpha value is -2.12. The van der Waals surface area contributed by atoms with E-state index < -0.39 is 11.6 Å². The number of carboxylic acids is 1. The van der Waals surface area contributed by atoms with Crippen molar-refractivity contribution in [3.63, 3.8) is 0 Å². The van der Waals surface area contributed by atoms with Gasteiger partial charge in [-0.05, 0) is 105 Å². The van der Waals surface area contributed by atoms with Gasteiger partial charge in [-0.25, -0.2) is 4.98 Å². The SMILES string of the molecule is CC(=O)[O-].CC(C)(O)c1ccccc1CC[C@@H](SCC1CC1)c1cccc(C=Cc2ccc3ccc(Cl)cc3n2)c1.[Na+]. The van der Waals surface area contributed by atoms with Crippen LogP contribution in [0.3, 0.4) is 0 Å². The van der Waals surface area contributed by atoms with Gasteiger partial charge in [0.2, 0.25) is 0 Å². The average molecular weight is 610 g/mol. The largest absolute Gasteiger partial charge is 1.00 e. The average Bonchev–Trinajstić information content (AvgIpc) is 3.76. The molecule has 1 N–H and O–H groups in total. The van der Waals surface area contributed by atoms with Crippen LogP contribution in [0.5, 0.6) is 0 Å². The number of aliphatic hydroxyl groups is 1. The molecule has 42 heavy (non-hydrogen) atoms. The van der Waals surface area contributed by atoms with E-state index in [2.05, 4.69) is 72.4 Å². The fourth-order valence-electron chi connectivity index (χ4n) is 4.75. The molecule has 5 rings (SSSR count). The van der Waals surface area contributed by atoms with E-state index in [-0.39, 0.29) is 29.6 Å². The zero-order chi connectivity index (χ0) is 29.4. The number of hydrogen-bond donors (Lipinski definition) is 1. The first kappa shape index (κ1) is 34.4. The van der Waals surface area contributed by atoms with Crippen molar-refractivity contribution < 1.29 is 44.6 Å². The molecule has 1 saturated carbocycles. The number of rotatable bonds is 10. The van der Waals surface area contributed by atoms with Gasteiger partial charge in [-0.15, -0.1) is 0 Å². The molecule has 1 fully saturated rings. The first-order valence-corrected chi connectivity index (χ1v) is 15.5. The number of fused-ring (bicyclic) bond motifs is 1. The molecule has 1 aromatic heterocycles. The molecule has 0 radical (unpaired) electrons. The molecule has 4 aromatic rings. The van der Waals surface area contributed by atoms with Crippen LogP contribution in [0.15, 0.2) is 78.9 Å². The molecule has 1 aliphatic carbocycles. The summed E-state index contributed by atoms with van der Waals surface area (Å²) in [6, 6.07) is 27.2. The molecule has 0 saturated heterocycles. The molecule has 7 heteroatoms. The Bertz CT molecular complexity index is 1510. The normalized spacial score (nSPS) is 13.7. The summed E-state index contributed by atoms with van der Waals surface area (Å²) in [6.07, 6.45) is 8.96. The smallest absolute Gasteiger partial charge is 0.550 e. The Morgan fingerprint density at radius 1 is 1.07 bits per heavy atom. The van der Waals surface area contributed by atoms with Gasteiger partial charge >= 0.3 is 29.6 Å². The molecule has 0 spiro atoms. The number of carbonyl (C=O) groups is 1. The number of aromatic nitrogens is 1. The monoisotopic (exact) mass is 609 g/mol. The molecule has 0 bridgehead atoms. The van der Waals surface area contributed by atoms with Gasteiger partial charge < -0.3 is 15.0 Å². The van der Waals surface area contributed by atoms with Crippen LogP contribution in [0, 0.1) is 5.92 Å². The van der Waals surface area contributed by atoms with Gasteiger partial charge in [0.05, 0.1) is 16.8 Å². The Labute approximate surface area is 280 Å². The molecule has 0 amide bonds. The van der Waals surface area contributed by atoms with Gasteiger partial charge in [0.15, 0.2) is 0 Å². The molecule has 0 unspecified atom stereocenters. The van der Waals surface area contributed by atoms with Crippen LogP contribution in [0.25, 0.3) is 23.1 Å². The van der Waals surface area contributed by atoms with Gasteiger partial charge in [-0.1, -0.05) is 78.3 Å². The number of pyridine rings is 1. The molecule has 0 aliphatic heterocycles. The third-order valence-electron chi connectivity index (χ3n) is 6.99. The van der Waals surface area contributed by atoms with E-state index in [4.69, 9.17) is 26.5 Å². The van der Waals surface area contributed by atoms with E-state index in [9.17, 15) is 5.11 Å². The summed E-state index contributed by atoms with van der Waals surface area (Å²) < 4.78 is 0. The van der Waals surface area contributed by atoms with Crippen LogP contribution in [0.2, 0.25) is 5.02 Å². The molecular formula is C35H37ClNNaO3S. The van der Waals surface area contributed by atoms with E-state index in [1.54, 1.807) is 0 Å². The Kier molecular flexibility index (Phi) is 13.2. The van der Waals surface area contributed by atoms with Gasteiger partial charge in [0, 0.05) is 21.6 Å². The topological polar surface area (TPSA) is 73.2 Å². The summed E-state index contributed by atoms with van der Waals surface area (Å²) in [6.45, 7) is 4.72. The third-order valence-corrected chi connectivity index (χ3v) is 8.80. The minimum absolute atomic E-state index is 0. The van der Waals surface area contributed by atoms with Crippen molar-refractivity contribution in [1.29, 1.82) is 0 Å². The minimum Gasteiger partial charge on any atom is -0.550 e. The second kappa shape index (κ2) is 16.1. The van der Waals surface area contributed by atoms with Gasteiger partial charge in [0.1, 0.15) is 0 Å². The zero-order valence-electron chi connectivity index (χ0n) is 24.8.